The standard InChI is InChI=1S/C25H36N4O4S/c1-5-28(6-2)17-10-8-16(9-11-17)27-23(32)21-25-15(3)14-18(34-25)19(22(31)26-4)20(25)24(33)29(21)12-7-13-30/h8-11,15,18-21,30H,5-7,12-14H2,1-4H3,(H,26,31)(H,27,32)/t15?,18-,19+,20-,21?,25?/m0/s1. The highest BCUT2D eigenvalue weighted by molar-refractivity contribution is 8.02. The van der Waals surface area contributed by atoms with E-state index in [0.29, 0.717) is 18.7 Å². The number of carbonyl (C=O) groups excluding carboxylic acids is 3. The molecule has 6 atom stereocenters. The minimum absolute atomic E-state index is 0.0348. The minimum Gasteiger partial charge on any atom is -0.396 e. The van der Waals surface area contributed by atoms with Crippen LogP contribution in [0.4, 0.5) is 11.4 Å². The summed E-state index contributed by atoms with van der Waals surface area (Å²) >= 11 is 1.66. The number of hydrogen-bond acceptors (Lipinski definition) is 6. The van der Waals surface area contributed by atoms with E-state index in [4.69, 9.17) is 0 Å². The molecular weight excluding hydrogens is 452 g/mol. The van der Waals surface area contributed by atoms with Crippen molar-refractivity contribution in [2.75, 3.05) is 43.5 Å². The molecule has 0 saturated carbocycles. The molecule has 8 nitrogen and oxygen atoms in total. The Morgan fingerprint density at radius 3 is 2.47 bits per heavy atom. The van der Waals surface area contributed by atoms with Gasteiger partial charge >= 0.3 is 0 Å². The molecule has 9 heteroatoms. The lowest BCUT2D eigenvalue weighted by molar-refractivity contribution is -0.139. The van der Waals surface area contributed by atoms with E-state index in [0.717, 1.165) is 25.2 Å². The molecule has 3 aliphatic rings. The fraction of sp³-hybridized carbons (Fsp3) is 0.640. The van der Waals surface area contributed by atoms with Crippen LogP contribution in [0.3, 0.4) is 0 Å². The lowest BCUT2D eigenvalue weighted by atomic mass is 9.66. The van der Waals surface area contributed by atoms with Crippen LogP contribution in [0.1, 0.15) is 33.6 Å². The highest BCUT2D eigenvalue weighted by Gasteiger charge is 2.75. The van der Waals surface area contributed by atoms with Gasteiger partial charge in [0.2, 0.25) is 17.7 Å². The fourth-order valence-electron chi connectivity index (χ4n) is 6.32. The molecular formula is C25H36N4O4S. The molecule has 1 aromatic carbocycles. The molecule has 3 fully saturated rings. The van der Waals surface area contributed by atoms with Gasteiger partial charge < -0.3 is 25.5 Å². The number of nitrogens with zero attached hydrogens (tertiary/aromatic N) is 2. The Morgan fingerprint density at radius 2 is 1.88 bits per heavy atom. The summed E-state index contributed by atoms with van der Waals surface area (Å²) in [5.74, 6) is -1.31. The second-order valence-corrected chi connectivity index (χ2v) is 11.0. The Kier molecular flexibility index (Phi) is 7.14. The molecule has 3 heterocycles. The molecule has 3 N–H and O–H groups in total. The molecule has 1 aromatic rings. The van der Waals surface area contributed by atoms with Gasteiger partial charge in [0.05, 0.1) is 16.6 Å². The lowest BCUT2D eigenvalue weighted by Crippen LogP contribution is -2.55. The topological polar surface area (TPSA) is 102 Å². The summed E-state index contributed by atoms with van der Waals surface area (Å²) in [4.78, 5) is 44.1. The number of amides is 3. The van der Waals surface area contributed by atoms with Crippen molar-refractivity contribution >= 4 is 40.9 Å². The smallest absolute Gasteiger partial charge is 0.248 e. The van der Waals surface area contributed by atoms with Crippen molar-refractivity contribution in [1.29, 1.82) is 0 Å². The summed E-state index contributed by atoms with van der Waals surface area (Å²) < 4.78 is -0.639. The predicted octanol–water partition coefficient (Wildman–Crippen LogP) is 1.94. The van der Waals surface area contributed by atoms with Gasteiger partial charge in [-0.1, -0.05) is 6.92 Å². The Labute approximate surface area is 205 Å². The summed E-state index contributed by atoms with van der Waals surface area (Å²) in [7, 11) is 1.60. The Morgan fingerprint density at radius 1 is 1.21 bits per heavy atom. The number of aliphatic hydroxyl groups excluding tert-OH is 1. The fourth-order valence-corrected chi connectivity index (χ4v) is 8.75. The van der Waals surface area contributed by atoms with Crippen LogP contribution < -0.4 is 15.5 Å². The molecule has 2 bridgehead atoms. The zero-order valence-corrected chi connectivity index (χ0v) is 21.2. The van der Waals surface area contributed by atoms with Gasteiger partial charge in [0.15, 0.2) is 0 Å². The number of anilines is 2. The van der Waals surface area contributed by atoms with Gasteiger partial charge in [-0.25, -0.2) is 0 Å². The Balaban J connectivity index is 1.65. The van der Waals surface area contributed by atoms with Crippen LogP contribution in [0.5, 0.6) is 0 Å². The van der Waals surface area contributed by atoms with Crippen molar-refractivity contribution in [2.45, 2.75) is 49.7 Å². The molecule has 3 amide bonds. The average Bonchev–Trinajstić information content (AvgIpc) is 3.42. The predicted molar refractivity (Wildman–Crippen MR) is 135 cm³/mol. The van der Waals surface area contributed by atoms with Crippen molar-refractivity contribution in [1.82, 2.24) is 10.2 Å². The monoisotopic (exact) mass is 488 g/mol. The summed E-state index contributed by atoms with van der Waals surface area (Å²) in [5.41, 5.74) is 1.78. The van der Waals surface area contributed by atoms with Crippen LogP contribution in [0.15, 0.2) is 24.3 Å². The molecule has 1 spiro atoms. The van der Waals surface area contributed by atoms with E-state index < -0.39 is 22.6 Å². The molecule has 0 radical (unpaired) electrons. The molecule has 186 valence electrons. The zero-order chi connectivity index (χ0) is 24.6. The molecule has 4 rings (SSSR count). The van der Waals surface area contributed by atoms with Gasteiger partial charge in [-0.3, -0.25) is 14.4 Å². The van der Waals surface area contributed by atoms with Crippen LogP contribution in [0.2, 0.25) is 0 Å². The highest BCUT2D eigenvalue weighted by Crippen LogP contribution is 2.68. The quantitative estimate of drug-likeness (QED) is 0.491. The van der Waals surface area contributed by atoms with Crippen molar-refractivity contribution < 1.29 is 19.5 Å². The lowest BCUT2D eigenvalue weighted by Gasteiger charge is -2.38. The number of benzene rings is 1. The first-order chi connectivity index (χ1) is 16.3. The van der Waals surface area contributed by atoms with Crippen LogP contribution >= 0.6 is 11.8 Å². The average molecular weight is 489 g/mol. The summed E-state index contributed by atoms with van der Waals surface area (Å²) in [6, 6.07) is 7.09. The van der Waals surface area contributed by atoms with Crippen LogP contribution in [0, 0.1) is 17.8 Å². The van der Waals surface area contributed by atoms with Crippen molar-refractivity contribution in [3.05, 3.63) is 24.3 Å². The van der Waals surface area contributed by atoms with Gasteiger partial charge in [0.25, 0.3) is 0 Å². The third-order valence-electron chi connectivity index (χ3n) is 7.86. The third kappa shape index (κ3) is 3.77. The number of aliphatic hydroxyl groups is 1. The van der Waals surface area contributed by atoms with Gasteiger partial charge in [-0.2, -0.15) is 0 Å². The molecule has 3 saturated heterocycles. The zero-order valence-electron chi connectivity index (χ0n) is 20.4. The van der Waals surface area contributed by atoms with Gasteiger partial charge in [-0.05, 0) is 56.9 Å². The van der Waals surface area contributed by atoms with Crippen molar-refractivity contribution in [3.63, 3.8) is 0 Å². The van der Waals surface area contributed by atoms with E-state index >= 15 is 0 Å². The van der Waals surface area contributed by atoms with Crippen molar-refractivity contribution in [3.8, 4) is 0 Å². The second-order valence-electron chi connectivity index (χ2n) is 9.48. The van der Waals surface area contributed by atoms with Gasteiger partial charge in [-0.15, -0.1) is 11.8 Å². The summed E-state index contributed by atoms with van der Waals surface area (Å²) in [6.07, 6.45) is 1.20. The number of rotatable bonds is 9. The number of fused-ring (bicyclic) bond motifs is 1. The number of thioether (sulfide) groups is 1. The van der Waals surface area contributed by atoms with Crippen molar-refractivity contribution in [2.24, 2.45) is 17.8 Å². The van der Waals surface area contributed by atoms with Crippen LogP contribution in [0.25, 0.3) is 0 Å². The van der Waals surface area contributed by atoms with E-state index in [-0.39, 0.29) is 35.5 Å². The van der Waals surface area contributed by atoms with E-state index in [1.165, 1.54) is 0 Å². The number of nitrogens with one attached hydrogen (secondary N) is 2. The minimum atomic E-state index is -0.682. The van der Waals surface area contributed by atoms with Crippen LogP contribution in [-0.4, -0.2) is 77.1 Å². The largest absolute Gasteiger partial charge is 0.396 e. The first kappa shape index (κ1) is 24.9. The Bertz CT molecular complexity index is 937. The molecule has 0 aliphatic carbocycles. The highest BCUT2D eigenvalue weighted by atomic mass is 32.2. The maximum Gasteiger partial charge on any atom is 0.248 e. The van der Waals surface area contributed by atoms with Gasteiger partial charge in [0.1, 0.15) is 6.04 Å². The first-order valence-corrected chi connectivity index (χ1v) is 13.2. The number of hydrogen-bond donors (Lipinski definition) is 3. The normalized spacial score (nSPS) is 31.5. The van der Waals surface area contributed by atoms with Gasteiger partial charge in [0, 0.05) is 49.9 Å². The number of carbonyl (C=O) groups is 3. The molecule has 0 aromatic heterocycles. The maximum atomic E-state index is 13.8. The number of likely N-dealkylation sites (tertiary alicyclic amines) is 1. The molecule has 34 heavy (non-hydrogen) atoms. The molecule has 3 unspecified atom stereocenters. The Hall–Kier alpha value is -2.26. The van der Waals surface area contributed by atoms with E-state index in [2.05, 4.69) is 36.3 Å². The van der Waals surface area contributed by atoms with Crippen LogP contribution in [-0.2, 0) is 14.4 Å². The van der Waals surface area contributed by atoms with E-state index in [1.54, 1.807) is 23.7 Å². The second kappa shape index (κ2) is 9.77. The first-order valence-electron chi connectivity index (χ1n) is 12.3. The molecule has 3 aliphatic heterocycles. The SMILES string of the molecule is CCN(CC)c1ccc(NC(=O)C2N(CCCO)C(=O)[C@@H]3[C@H](C(=O)NC)[C@@H]4CC(C)C23S4)cc1. The third-order valence-corrected chi connectivity index (χ3v) is 9.94. The summed E-state index contributed by atoms with van der Waals surface area (Å²) in [6.45, 7) is 8.35. The summed E-state index contributed by atoms with van der Waals surface area (Å²) in [5, 5.41) is 15.3. The van der Waals surface area contributed by atoms with E-state index in [1.807, 2.05) is 24.3 Å². The maximum absolute atomic E-state index is 13.8. The van der Waals surface area contributed by atoms with E-state index in [9.17, 15) is 19.5 Å².